The summed E-state index contributed by atoms with van der Waals surface area (Å²) in [5, 5.41) is 20.7. The fraction of sp³-hybridized carbons (Fsp3) is 0.889. The Labute approximate surface area is 84.1 Å². The molecule has 0 aliphatic carbocycles. The molecule has 0 saturated heterocycles. The van der Waals surface area contributed by atoms with Crippen molar-refractivity contribution in [1.29, 1.82) is 0 Å². The molecule has 0 aromatic heterocycles. The standard InChI is InChI=1S/C9H19NO4/c1-6(4-7(2)11)10-8(5-14-3)9(12)13/h6-8,10-11H,4-5H2,1-3H3,(H,12,13). The molecule has 0 saturated carbocycles. The lowest BCUT2D eigenvalue weighted by atomic mass is 10.1. The van der Waals surface area contributed by atoms with Crippen molar-refractivity contribution in [1.82, 2.24) is 5.32 Å². The van der Waals surface area contributed by atoms with Gasteiger partial charge in [0.1, 0.15) is 6.04 Å². The van der Waals surface area contributed by atoms with Crippen LogP contribution in [0.5, 0.6) is 0 Å². The zero-order valence-corrected chi connectivity index (χ0v) is 8.86. The number of aliphatic hydroxyl groups is 1. The topological polar surface area (TPSA) is 78.8 Å². The zero-order chi connectivity index (χ0) is 11.1. The van der Waals surface area contributed by atoms with Gasteiger partial charge in [-0.25, -0.2) is 0 Å². The highest BCUT2D eigenvalue weighted by Crippen LogP contribution is 1.98. The van der Waals surface area contributed by atoms with Gasteiger partial charge in [-0.05, 0) is 20.3 Å². The number of carboxylic acid groups (broad SMARTS) is 1. The first-order chi connectivity index (χ1) is 6.47. The molecule has 84 valence electrons. The average molecular weight is 205 g/mol. The Morgan fingerprint density at radius 2 is 2.07 bits per heavy atom. The van der Waals surface area contributed by atoms with Crippen molar-refractivity contribution in [3.63, 3.8) is 0 Å². The highest BCUT2D eigenvalue weighted by atomic mass is 16.5. The lowest BCUT2D eigenvalue weighted by molar-refractivity contribution is -0.141. The molecule has 0 radical (unpaired) electrons. The van der Waals surface area contributed by atoms with Crippen LogP contribution >= 0.6 is 0 Å². The van der Waals surface area contributed by atoms with Gasteiger partial charge in [0, 0.05) is 13.2 Å². The number of nitrogens with one attached hydrogen (secondary N) is 1. The fourth-order valence-electron chi connectivity index (χ4n) is 1.28. The number of ether oxygens (including phenoxy) is 1. The van der Waals surface area contributed by atoms with Gasteiger partial charge in [-0.1, -0.05) is 0 Å². The molecule has 3 unspecified atom stereocenters. The first-order valence-corrected chi connectivity index (χ1v) is 4.63. The third-order valence-corrected chi connectivity index (χ3v) is 1.81. The number of carbonyl (C=O) groups is 1. The monoisotopic (exact) mass is 205 g/mol. The van der Waals surface area contributed by atoms with Crippen molar-refractivity contribution >= 4 is 5.97 Å². The van der Waals surface area contributed by atoms with Crippen LogP contribution in [0.2, 0.25) is 0 Å². The maximum atomic E-state index is 10.7. The highest BCUT2D eigenvalue weighted by Gasteiger charge is 2.19. The van der Waals surface area contributed by atoms with Crippen molar-refractivity contribution in [2.75, 3.05) is 13.7 Å². The summed E-state index contributed by atoms with van der Waals surface area (Å²) in [6.07, 6.45) is 0.0857. The van der Waals surface area contributed by atoms with Gasteiger partial charge in [-0.15, -0.1) is 0 Å². The van der Waals surface area contributed by atoms with E-state index >= 15 is 0 Å². The lowest BCUT2D eigenvalue weighted by Crippen LogP contribution is -2.45. The summed E-state index contributed by atoms with van der Waals surface area (Å²) in [5.74, 6) is -0.940. The number of methoxy groups -OCH3 is 1. The molecule has 0 aromatic rings. The molecule has 5 heteroatoms. The second-order valence-electron chi connectivity index (χ2n) is 3.50. The molecule has 3 N–H and O–H groups in total. The first kappa shape index (κ1) is 13.4. The van der Waals surface area contributed by atoms with Crippen LogP contribution in [-0.2, 0) is 9.53 Å². The molecule has 0 aromatic carbocycles. The Balaban J connectivity index is 3.95. The molecule has 0 aliphatic heterocycles. The van der Waals surface area contributed by atoms with Crippen molar-refractivity contribution in [3.8, 4) is 0 Å². The highest BCUT2D eigenvalue weighted by molar-refractivity contribution is 5.73. The summed E-state index contributed by atoms with van der Waals surface area (Å²) in [5.41, 5.74) is 0. The smallest absolute Gasteiger partial charge is 0.323 e. The van der Waals surface area contributed by atoms with Crippen molar-refractivity contribution in [2.24, 2.45) is 0 Å². The number of aliphatic carboxylic acids is 1. The van der Waals surface area contributed by atoms with E-state index in [0.717, 1.165) is 0 Å². The van der Waals surface area contributed by atoms with Crippen LogP contribution in [-0.4, -0.2) is 48.1 Å². The van der Waals surface area contributed by atoms with Gasteiger partial charge >= 0.3 is 5.97 Å². The van der Waals surface area contributed by atoms with E-state index in [1.54, 1.807) is 6.92 Å². The van der Waals surface area contributed by atoms with Crippen molar-refractivity contribution in [3.05, 3.63) is 0 Å². The van der Waals surface area contributed by atoms with Gasteiger partial charge in [0.2, 0.25) is 0 Å². The molecule has 0 heterocycles. The molecule has 0 aliphatic rings. The largest absolute Gasteiger partial charge is 0.480 e. The fourth-order valence-corrected chi connectivity index (χ4v) is 1.28. The molecule has 3 atom stereocenters. The first-order valence-electron chi connectivity index (χ1n) is 4.63. The minimum atomic E-state index is -0.940. The van der Waals surface area contributed by atoms with E-state index in [1.807, 2.05) is 6.92 Å². The predicted octanol–water partition coefficient (Wildman–Crippen LogP) is -0.165. The predicted molar refractivity (Wildman–Crippen MR) is 52.2 cm³/mol. The van der Waals surface area contributed by atoms with Crippen molar-refractivity contribution < 1.29 is 19.7 Å². The van der Waals surface area contributed by atoms with E-state index < -0.39 is 18.1 Å². The van der Waals surface area contributed by atoms with Gasteiger partial charge in [-0.3, -0.25) is 10.1 Å². The van der Waals surface area contributed by atoms with Crippen LogP contribution in [0.3, 0.4) is 0 Å². The molecule has 0 amide bonds. The third kappa shape index (κ3) is 5.90. The molecule has 0 bridgehead atoms. The minimum absolute atomic E-state index is 0.0498. The molecule has 14 heavy (non-hydrogen) atoms. The Morgan fingerprint density at radius 1 is 1.50 bits per heavy atom. The van der Waals surface area contributed by atoms with Crippen LogP contribution in [0.15, 0.2) is 0 Å². The van der Waals surface area contributed by atoms with E-state index in [1.165, 1.54) is 7.11 Å². The average Bonchev–Trinajstić information content (AvgIpc) is 2.01. The molecule has 0 spiro atoms. The van der Waals surface area contributed by atoms with Gasteiger partial charge in [0.25, 0.3) is 0 Å². The second kappa shape index (κ2) is 6.75. The van der Waals surface area contributed by atoms with E-state index in [-0.39, 0.29) is 12.6 Å². The Bertz CT molecular complexity index is 172. The Hall–Kier alpha value is -0.650. The van der Waals surface area contributed by atoms with E-state index in [2.05, 4.69) is 5.32 Å². The summed E-state index contributed by atoms with van der Waals surface area (Å²) in [6, 6.07) is -0.764. The van der Waals surface area contributed by atoms with Gasteiger partial charge in [-0.2, -0.15) is 0 Å². The van der Waals surface area contributed by atoms with Crippen LogP contribution < -0.4 is 5.32 Å². The number of hydrogen-bond acceptors (Lipinski definition) is 4. The Morgan fingerprint density at radius 3 is 2.43 bits per heavy atom. The molecular weight excluding hydrogens is 186 g/mol. The van der Waals surface area contributed by atoms with Gasteiger partial charge < -0.3 is 14.9 Å². The molecular formula is C9H19NO4. The number of rotatable bonds is 7. The molecule has 0 rings (SSSR count). The maximum Gasteiger partial charge on any atom is 0.323 e. The Kier molecular flexibility index (Phi) is 6.44. The minimum Gasteiger partial charge on any atom is -0.480 e. The lowest BCUT2D eigenvalue weighted by Gasteiger charge is -2.20. The summed E-state index contributed by atoms with van der Waals surface area (Å²) in [7, 11) is 1.46. The third-order valence-electron chi connectivity index (χ3n) is 1.81. The van der Waals surface area contributed by atoms with E-state index in [4.69, 9.17) is 14.9 Å². The van der Waals surface area contributed by atoms with E-state index in [9.17, 15) is 4.79 Å². The summed E-state index contributed by atoms with van der Waals surface area (Å²) in [6.45, 7) is 3.63. The van der Waals surface area contributed by atoms with Crippen LogP contribution in [0.4, 0.5) is 0 Å². The number of hydrogen-bond donors (Lipinski definition) is 3. The second-order valence-corrected chi connectivity index (χ2v) is 3.50. The SMILES string of the molecule is COCC(NC(C)CC(C)O)C(=O)O. The van der Waals surface area contributed by atoms with E-state index in [0.29, 0.717) is 6.42 Å². The van der Waals surface area contributed by atoms with Crippen LogP contribution in [0.25, 0.3) is 0 Å². The number of aliphatic hydroxyl groups excluding tert-OH is 1. The zero-order valence-electron chi connectivity index (χ0n) is 8.86. The van der Waals surface area contributed by atoms with Gasteiger partial charge in [0.05, 0.1) is 12.7 Å². The number of carboxylic acids is 1. The molecule has 0 fully saturated rings. The van der Waals surface area contributed by atoms with Crippen LogP contribution in [0.1, 0.15) is 20.3 Å². The van der Waals surface area contributed by atoms with Gasteiger partial charge in [0.15, 0.2) is 0 Å². The maximum absolute atomic E-state index is 10.7. The van der Waals surface area contributed by atoms with Crippen LogP contribution in [0, 0.1) is 0 Å². The normalized spacial score (nSPS) is 17.4. The summed E-state index contributed by atoms with van der Waals surface area (Å²) in [4.78, 5) is 10.7. The molecule has 5 nitrogen and oxygen atoms in total. The summed E-state index contributed by atoms with van der Waals surface area (Å²) >= 11 is 0. The quantitative estimate of drug-likeness (QED) is 0.538. The van der Waals surface area contributed by atoms with Crippen molar-refractivity contribution in [2.45, 2.75) is 38.5 Å². The summed E-state index contributed by atoms with van der Waals surface area (Å²) < 4.78 is 4.77.